The minimum Gasteiger partial charge on any atom is -0.504 e. The summed E-state index contributed by atoms with van der Waals surface area (Å²) in [6.45, 7) is 0.799. The third-order valence-corrected chi connectivity index (χ3v) is 3.99. The Labute approximate surface area is 154 Å². The molecule has 0 saturated heterocycles. The summed E-state index contributed by atoms with van der Waals surface area (Å²) in [5.74, 6) is -2.70. The minimum absolute atomic E-state index is 0.0916. The van der Waals surface area contributed by atoms with Gasteiger partial charge in [0.1, 0.15) is 0 Å². The standard InChI is InChI=1S/C14H15NO2S.C4H4O4/c1-15-9-10-4-2-3-5-14(10)18-11-6-7-12(16)13(17)8-11;5-3(6)1-2-4(7)8/h2-8,15-17H,9H2,1H3;1-2H,(H,5,6)(H,7,8)/b;2-1-. The number of aromatic hydroxyl groups is 2. The van der Waals surface area contributed by atoms with Crippen LogP contribution in [0.5, 0.6) is 11.5 Å². The fourth-order valence-electron chi connectivity index (χ4n) is 1.78. The highest BCUT2D eigenvalue weighted by atomic mass is 32.2. The van der Waals surface area contributed by atoms with Crippen LogP contribution in [0.4, 0.5) is 0 Å². The average Bonchev–Trinajstić information content (AvgIpc) is 2.59. The van der Waals surface area contributed by atoms with Gasteiger partial charge in [-0.25, -0.2) is 9.59 Å². The minimum atomic E-state index is -1.26. The zero-order chi connectivity index (χ0) is 19.5. The average molecular weight is 377 g/mol. The Morgan fingerprint density at radius 3 is 2.15 bits per heavy atom. The highest BCUT2D eigenvalue weighted by molar-refractivity contribution is 7.99. The molecule has 2 aromatic carbocycles. The molecular formula is C18H19NO6S. The summed E-state index contributed by atoms with van der Waals surface area (Å²) in [6.07, 6.45) is 1.12. The molecule has 0 heterocycles. The second kappa shape index (κ2) is 10.8. The monoisotopic (exact) mass is 377 g/mol. The van der Waals surface area contributed by atoms with E-state index in [0.717, 1.165) is 16.3 Å². The second-order valence-corrected chi connectivity index (χ2v) is 6.02. The number of hydrogen-bond acceptors (Lipinski definition) is 6. The van der Waals surface area contributed by atoms with Crippen molar-refractivity contribution in [1.82, 2.24) is 5.32 Å². The van der Waals surface area contributed by atoms with Crippen LogP contribution in [0.3, 0.4) is 0 Å². The predicted octanol–water partition coefficient (Wildman–Crippen LogP) is 2.68. The van der Waals surface area contributed by atoms with Crippen LogP contribution < -0.4 is 5.32 Å². The SMILES string of the molecule is CNCc1ccccc1Sc1ccc(O)c(O)c1.O=C(O)/C=C\C(=O)O. The summed E-state index contributed by atoms with van der Waals surface area (Å²) in [4.78, 5) is 21.1. The first-order chi connectivity index (χ1) is 12.3. The molecule has 0 aromatic heterocycles. The van der Waals surface area contributed by atoms with Crippen molar-refractivity contribution >= 4 is 23.7 Å². The molecule has 0 atom stereocenters. The summed E-state index contributed by atoms with van der Waals surface area (Å²) >= 11 is 1.57. The van der Waals surface area contributed by atoms with Gasteiger partial charge in [-0.1, -0.05) is 30.0 Å². The molecule has 0 aliphatic rings. The Morgan fingerprint density at radius 1 is 1.00 bits per heavy atom. The summed E-state index contributed by atoms with van der Waals surface area (Å²) < 4.78 is 0. The van der Waals surface area contributed by atoms with Gasteiger partial charge in [-0.15, -0.1) is 0 Å². The molecule has 0 bridgehead atoms. The van der Waals surface area contributed by atoms with E-state index < -0.39 is 11.9 Å². The van der Waals surface area contributed by atoms with Gasteiger partial charge in [0.15, 0.2) is 11.5 Å². The number of carboxylic acid groups (broad SMARTS) is 2. The van der Waals surface area contributed by atoms with Gasteiger partial charge in [-0.2, -0.15) is 0 Å². The summed E-state index contributed by atoms with van der Waals surface area (Å²) in [5, 5.41) is 37.5. The van der Waals surface area contributed by atoms with Crippen molar-refractivity contribution in [3.05, 3.63) is 60.2 Å². The van der Waals surface area contributed by atoms with E-state index in [9.17, 15) is 19.8 Å². The molecule has 7 nitrogen and oxygen atoms in total. The van der Waals surface area contributed by atoms with Crippen LogP contribution >= 0.6 is 11.8 Å². The lowest BCUT2D eigenvalue weighted by Gasteiger charge is -2.09. The molecule has 0 aliphatic heterocycles. The molecule has 0 saturated carbocycles. The largest absolute Gasteiger partial charge is 0.504 e. The van der Waals surface area contributed by atoms with E-state index in [2.05, 4.69) is 11.4 Å². The fourth-order valence-corrected chi connectivity index (χ4v) is 2.75. The number of nitrogens with one attached hydrogen (secondary N) is 1. The Kier molecular flexibility index (Phi) is 8.76. The number of benzene rings is 2. The topological polar surface area (TPSA) is 127 Å². The number of hydrogen-bond donors (Lipinski definition) is 5. The van der Waals surface area contributed by atoms with Crippen LogP contribution in [0.1, 0.15) is 5.56 Å². The molecule has 0 amide bonds. The van der Waals surface area contributed by atoms with Crippen molar-refractivity contribution in [1.29, 1.82) is 0 Å². The van der Waals surface area contributed by atoms with E-state index in [-0.39, 0.29) is 11.5 Å². The molecule has 0 spiro atoms. The summed E-state index contributed by atoms with van der Waals surface area (Å²) in [6, 6.07) is 13.0. The summed E-state index contributed by atoms with van der Waals surface area (Å²) in [5.41, 5.74) is 1.21. The van der Waals surface area contributed by atoms with Gasteiger partial charge in [0.05, 0.1) is 0 Å². The Morgan fingerprint density at radius 2 is 1.62 bits per heavy atom. The van der Waals surface area contributed by atoms with Crippen molar-refractivity contribution in [3.8, 4) is 11.5 Å². The molecule has 5 N–H and O–H groups in total. The maximum atomic E-state index is 9.55. The van der Waals surface area contributed by atoms with E-state index in [1.807, 2.05) is 25.2 Å². The van der Waals surface area contributed by atoms with Gasteiger partial charge < -0.3 is 25.7 Å². The van der Waals surface area contributed by atoms with E-state index in [1.54, 1.807) is 23.9 Å². The van der Waals surface area contributed by atoms with Gasteiger partial charge in [0.2, 0.25) is 0 Å². The van der Waals surface area contributed by atoms with Crippen LogP contribution in [-0.2, 0) is 16.1 Å². The molecule has 26 heavy (non-hydrogen) atoms. The lowest BCUT2D eigenvalue weighted by Crippen LogP contribution is -2.05. The molecule has 0 aliphatic carbocycles. The van der Waals surface area contributed by atoms with E-state index in [1.165, 1.54) is 11.6 Å². The third-order valence-electron chi connectivity index (χ3n) is 2.88. The predicted molar refractivity (Wildman–Crippen MR) is 97.5 cm³/mol. The third kappa shape index (κ3) is 7.73. The first-order valence-electron chi connectivity index (χ1n) is 7.39. The number of carboxylic acids is 2. The van der Waals surface area contributed by atoms with Crippen LogP contribution in [0.25, 0.3) is 0 Å². The van der Waals surface area contributed by atoms with Crippen LogP contribution in [0.15, 0.2) is 64.4 Å². The summed E-state index contributed by atoms with van der Waals surface area (Å²) in [7, 11) is 1.91. The molecule has 0 unspecified atom stereocenters. The fraction of sp³-hybridized carbons (Fsp3) is 0.111. The zero-order valence-electron chi connectivity index (χ0n) is 13.9. The molecular weight excluding hydrogens is 358 g/mol. The van der Waals surface area contributed by atoms with Crippen molar-refractivity contribution in [2.75, 3.05) is 7.05 Å². The lowest BCUT2D eigenvalue weighted by atomic mass is 10.2. The normalized spacial score (nSPS) is 10.2. The smallest absolute Gasteiger partial charge is 0.328 e. The highest BCUT2D eigenvalue weighted by Gasteiger charge is 2.05. The highest BCUT2D eigenvalue weighted by Crippen LogP contribution is 2.35. The quantitative estimate of drug-likeness (QED) is 0.384. The van der Waals surface area contributed by atoms with Gasteiger partial charge >= 0.3 is 11.9 Å². The van der Waals surface area contributed by atoms with Crippen molar-refractivity contribution in [2.24, 2.45) is 0 Å². The first-order valence-corrected chi connectivity index (χ1v) is 8.21. The second-order valence-electron chi connectivity index (χ2n) is 4.90. The van der Waals surface area contributed by atoms with Gasteiger partial charge in [-0.05, 0) is 36.9 Å². The number of carbonyl (C=O) groups is 2. The Bertz CT molecular complexity index is 775. The maximum Gasteiger partial charge on any atom is 0.328 e. The van der Waals surface area contributed by atoms with Crippen molar-refractivity contribution < 1.29 is 30.0 Å². The van der Waals surface area contributed by atoms with Gasteiger partial charge in [0, 0.05) is 28.5 Å². The van der Waals surface area contributed by atoms with E-state index in [4.69, 9.17) is 10.2 Å². The molecule has 138 valence electrons. The zero-order valence-corrected chi connectivity index (χ0v) is 14.7. The lowest BCUT2D eigenvalue weighted by molar-refractivity contribution is -0.134. The molecule has 0 radical (unpaired) electrons. The van der Waals surface area contributed by atoms with Gasteiger partial charge in [-0.3, -0.25) is 0 Å². The van der Waals surface area contributed by atoms with Gasteiger partial charge in [0.25, 0.3) is 0 Å². The first kappa shape index (κ1) is 21.1. The van der Waals surface area contributed by atoms with Crippen molar-refractivity contribution in [3.63, 3.8) is 0 Å². The molecule has 8 heteroatoms. The van der Waals surface area contributed by atoms with Crippen LogP contribution in [0.2, 0.25) is 0 Å². The number of rotatable bonds is 6. The van der Waals surface area contributed by atoms with Crippen LogP contribution in [-0.4, -0.2) is 39.4 Å². The molecule has 2 aromatic rings. The maximum absolute atomic E-state index is 9.55. The van der Waals surface area contributed by atoms with E-state index >= 15 is 0 Å². The Balaban J connectivity index is 0.000000359. The van der Waals surface area contributed by atoms with Crippen LogP contribution in [0, 0.1) is 0 Å². The molecule has 2 rings (SSSR count). The Hall–Kier alpha value is -2.97. The number of phenolic OH excluding ortho intramolecular Hbond substituents is 2. The van der Waals surface area contributed by atoms with E-state index in [0.29, 0.717) is 12.2 Å². The molecule has 0 fully saturated rings. The number of aliphatic carboxylic acids is 2. The van der Waals surface area contributed by atoms with Crippen molar-refractivity contribution in [2.45, 2.75) is 16.3 Å². The number of phenols is 2.